The van der Waals surface area contributed by atoms with Gasteiger partial charge in [0.05, 0.1) is 6.26 Å². The Kier molecular flexibility index (Phi) is 5.22. The highest BCUT2D eigenvalue weighted by Crippen LogP contribution is 2.54. The van der Waals surface area contributed by atoms with Crippen LogP contribution >= 0.6 is 0 Å². The molecule has 1 heterocycles. The minimum Gasteiger partial charge on any atom is -0.464 e. The molecule has 0 bridgehead atoms. The van der Waals surface area contributed by atoms with Gasteiger partial charge in [0, 0.05) is 22.0 Å². The molecule has 0 N–H and O–H groups in total. The first-order valence-corrected chi connectivity index (χ1v) is 16.1. The summed E-state index contributed by atoms with van der Waals surface area (Å²) >= 11 is 0. The Morgan fingerprint density at radius 3 is 1.44 bits per heavy atom. The van der Waals surface area contributed by atoms with Crippen LogP contribution in [0.2, 0.25) is 0 Å². The van der Waals surface area contributed by atoms with Crippen LogP contribution in [-0.2, 0) is 10.8 Å². The minimum absolute atomic E-state index is 0.0782. The Morgan fingerprint density at radius 1 is 0.444 bits per heavy atom. The Balaban J connectivity index is 1.12. The standard InChI is InChI=1S/C44H36O/c1-25-19-38-41(32-13-9-7-11-30(25)32)34-17-15-27(21-36(34)43(38,3)4)29-23-40(45-24-29)28-16-18-35-37(22-28)44(5,6)39-20-26(2)31-12-8-10-14-33(31)42(35)39/h7-24H,1-6H3. The summed E-state index contributed by atoms with van der Waals surface area (Å²) in [6.45, 7) is 13.9. The van der Waals surface area contributed by atoms with Gasteiger partial charge in [-0.15, -0.1) is 0 Å². The lowest BCUT2D eigenvalue weighted by Crippen LogP contribution is -2.15. The van der Waals surface area contributed by atoms with Crippen molar-refractivity contribution < 1.29 is 4.42 Å². The van der Waals surface area contributed by atoms with E-state index in [9.17, 15) is 0 Å². The minimum atomic E-state index is -0.0893. The molecule has 1 heteroatoms. The van der Waals surface area contributed by atoms with Crippen molar-refractivity contribution in [2.75, 3.05) is 0 Å². The van der Waals surface area contributed by atoms with Crippen molar-refractivity contribution in [3.05, 3.63) is 143 Å². The van der Waals surface area contributed by atoms with E-state index in [0.717, 1.165) is 16.9 Å². The zero-order chi connectivity index (χ0) is 30.8. The van der Waals surface area contributed by atoms with Crippen molar-refractivity contribution in [1.82, 2.24) is 0 Å². The molecule has 0 unspecified atom stereocenters. The molecule has 0 amide bonds. The zero-order valence-electron chi connectivity index (χ0n) is 26.8. The van der Waals surface area contributed by atoms with Gasteiger partial charge in [0.25, 0.3) is 0 Å². The SMILES string of the molecule is Cc1cc2c(c3ccccc13)-c1ccc(-c3coc(-c4ccc5c(c4)C(C)(C)c4cc(C)c6ccccc6c4-5)c3)cc1C2(C)C. The lowest BCUT2D eigenvalue weighted by atomic mass is 9.80. The van der Waals surface area contributed by atoms with Crippen molar-refractivity contribution in [2.24, 2.45) is 0 Å². The predicted octanol–water partition coefficient (Wildman–Crippen LogP) is 12.1. The predicted molar refractivity (Wildman–Crippen MR) is 189 cm³/mol. The largest absolute Gasteiger partial charge is 0.464 e. The van der Waals surface area contributed by atoms with E-state index in [4.69, 9.17) is 4.42 Å². The average Bonchev–Trinajstić information content (AvgIpc) is 3.68. The fourth-order valence-corrected chi connectivity index (χ4v) is 8.50. The van der Waals surface area contributed by atoms with E-state index in [-0.39, 0.29) is 10.8 Å². The molecule has 2 aliphatic carbocycles. The summed E-state index contributed by atoms with van der Waals surface area (Å²) in [5, 5.41) is 5.37. The number of fused-ring (bicyclic) bond motifs is 10. The van der Waals surface area contributed by atoms with Gasteiger partial charge >= 0.3 is 0 Å². The summed E-state index contributed by atoms with van der Waals surface area (Å²) in [4.78, 5) is 0. The Labute approximate surface area is 265 Å². The molecular formula is C44H36O. The number of aryl methyl sites for hydroxylation is 2. The molecule has 2 aliphatic rings. The smallest absolute Gasteiger partial charge is 0.134 e. The Bertz CT molecular complexity index is 2230. The van der Waals surface area contributed by atoms with Gasteiger partial charge in [-0.1, -0.05) is 113 Å². The molecular weight excluding hydrogens is 544 g/mol. The van der Waals surface area contributed by atoms with Crippen LogP contribution in [0, 0.1) is 13.8 Å². The molecule has 1 nitrogen and oxygen atoms in total. The fraction of sp³-hybridized carbons (Fsp3) is 0.182. The van der Waals surface area contributed by atoms with E-state index in [2.05, 4.69) is 145 Å². The average molecular weight is 581 g/mol. The highest BCUT2D eigenvalue weighted by Gasteiger charge is 2.38. The summed E-state index contributed by atoms with van der Waals surface area (Å²) in [5.74, 6) is 0.908. The molecule has 0 saturated carbocycles. The van der Waals surface area contributed by atoms with Crippen molar-refractivity contribution in [2.45, 2.75) is 52.4 Å². The molecule has 0 atom stereocenters. The number of benzene rings is 6. The highest BCUT2D eigenvalue weighted by atomic mass is 16.3. The fourth-order valence-electron chi connectivity index (χ4n) is 8.50. The molecule has 45 heavy (non-hydrogen) atoms. The van der Waals surface area contributed by atoms with E-state index in [1.807, 2.05) is 6.26 Å². The Morgan fingerprint density at radius 2 is 0.911 bits per heavy atom. The summed E-state index contributed by atoms with van der Waals surface area (Å²) in [7, 11) is 0. The first kappa shape index (κ1) is 26.5. The maximum absolute atomic E-state index is 6.31. The summed E-state index contributed by atoms with van der Waals surface area (Å²) in [5.41, 5.74) is 17.0. The van der Waals surface area contributed by atoms with Crippen LogP contribution in [-0.4, -0.2) is 0 Å². The van der Waals surface area contributed by atoms with E-state index < -0.39 is 0 Å². The monoisotopic (exact) mass is 580 g/mol. The van der Waals surface area contributed by atoms with E-state index in [0.29, 0.717) is 0 Å². The van der Waals surface area contributed by atoms with E-state index in [1.54, 1.807) is 0 Å². The number of rotatable bonds is 2. The van der Waals surface area contributed by atoms with Gasteiger partial charge in [-0.25, -0.2) is 0 Å². The van der Waals surface area contributed by atoms with Crippen LogP contribution in [0.15, 0.2) is 114 Å². The van der Waals surface area contributed by atoms with Crippen LogP contribution in [0.1, 0.15) is 61.1 Å². The van der Waals surface area contributed by atoms with Gasteiger partial charge in [0.1, 0.15) is 5.76 Å². The first-order chi connectivity index (χ1) is 21.6. The molecule has 218 valence electrons. The van der Waals surface area contributed by atoms with Gasteiger partial charge in [-0.2, -0.15) is 0 Å². The molecule has 0 fully saturated rings. The van der Waals surface area contributed by atoms with Gasteiger partial charge in [0.15, 0.2) is 0 Å². The number of hydrogen-bond donors (Lipinski definition) is 0. The topological polar surface area (TPSA) is 13.1 Å². The molecule has 0 aliphatic heterocycles. The second-order valence-corrected chi connectivity index (χ2v) is 14.3. The Hall–Kier alpha value is -4.88. The van der Waals surface area contributed by atoms with Crippen LogP contribution in [0.3, 0.4) is 0 Å². The summed E-state index contributed by atoms with van der Waals surface area (Å²) < 4.78 is 6.31. The quantitative estimate of drug-likeness (QED) is 0.198. The van der Waals surface area contributed by atoms with E-state index in [1.165, 1.54) is 82.7 Å². The second kappa shape index (κ2) is 8.86. The zero-order valence-corrected chi connectivity index (χ0v) is 26.8. The number of hydrogen-bond acceptors (Lipinski definition) is 1. The normalized spacial score (nSPS) is 15.2. The van der Waals surface area contributed by atoms with Gasteiger partial charge in [-0.05, 0) is 115 Å². The summed E-state index contributed by atoms with van der Waals surface area (Å²) in [6, 6.07) is 38.6. The van der Waals surface area contributed by atoms with Gasteiger partial charge in [0.2, 0.25) is 0 Å². The number of furan rings is 1. The molecule has 0 radical (unpaired) electrons. The first-order valence-electron chi connectivity index (χ1n) is 16.1. The van der Waals surface area contributed by atoms with E-state index >= 15 is 0 Å². The van der Waals surface area contributed by atoms with Crippen molar-refractivity contribution >= 4 is 21.5 Å². The molecule has 9 rings (SSSR count). The van der Waals surface area contributed by atoms with Gasteiger partial charge < -0.3 is 4.42 Å². The lowest BCUT2D eigenvalue weighted by molar-refractivity contribution is 0.582. The lowest BCUT2D eigenvalue weighted by Gasteiger charge is -2.23. The van der Waals surface area contributed by atoms with Crippen molar-refractivity contribution in [1.29, 1.82) is 0 Å². The molecule has 0 spiro atoms. The van der Waals surface area contributed by atoms with Crippen LogP contribution in [0.5, 0.6) is 0 Å². The molecule has 7 aromatic rings. The van der Waals surface area contributed by atoms with Crippen molar-refractivity contribution in [3.8, 4) is 44.7 Å². The third kappa shape index (κ3) is 3.50. The molecule has 0 saturated heterocycles. The maximum atomic E-state index is 6.31. The maximum Gasteiger partial charge on any atom is 0.134 e. The molecule has 1 aromatic heterocycles. The van der Waals surface area contributed by atoms with Gasteiger partial charge in [-0.3, -0.25) is 0 Å². The second-order valence-electron chi connectivity index (χ2n) is 14.3. The third-order valence-electron chi connectivity index (χ3n) is 11.0. The molecule has 6 aromatic carbocycles. The van der Waals surface area contributed by atoms with Crippen molar-refractivity contribution in [3.63, 3.8) is 0 Å². The highest BCUT2D eigenvalue weighted by molar-refractivity contribution is 6.05. The van der Waals surface area contributed by atoms with Crippen LogP contribution in [0.4, 0.5) is 0 Å². The van der Waals surface area contributed by atoms with Crippen LogP contribution < -0.4 is 0 Å². The third-order valence-corrected chi connectivity index (χ3v) is 11.0. The van der Waals surface area contributed by atoms with Crippen LogP contribution in [0.25, 0.3) is 66.2 Å². The summed E-state index contributed by atoms with van der Waals surface area (Å²) in [6.07, 6.45) is 1.93.